The fourth-order valence-electron chi connectivity index (χ4n) is 1.87. The monoisotopic (exact) mass is 316 g/mol. The van der Waals surface area contributed by atoms with Crippen molar-refractivity contribution < 1.29 is 23.8 Å². The van der Waals surface area contributed by atoms with Crippen LogP contribution in [0.25, 0.3) is 0 Å². The zero-order valence-electron chi connectivity index (χ0n) is 14.4. The maximum absolute atomic E-state index is 11.5. The molecule has 5 nitrogen and oxygen atoms in total. The Labute approximate surface area is 134 Å². The van der Waals surface area contributed by atoms with Gasteiger partial charge in [0.05, 0.1) is 13.2 Å². The molecular weight excluding hydrogens is 284 g/mol. The van der Waals surface area contributed by atoms with Crippen LogP contribution in [-0.2, 0) is 23.8 Å². The number of unbranched alkanes of at least 4 members (excludes halogenated alkanes) is 3. The highest BCUT2D eigenvalue weighted by Crippen LogP contribution is 2.06. The molecule has 0 N–H and O–H groups in total. The van der Waals surface area contributed by atoms with Crippen LogP contribution in [0.1, 0.15) is 65.2 Å². The Bertz CT molecular complexity index is 291. The molecule has 0 aromatic rings. The topological polar surface area (TPSA) is 61.8 Å². The van der Waals surface area contributed by atoms with Gasteiger partial charge in [0, 0.05) is 26.6 Å². The first kappa shape index (κ1) is 20.9. The molecule has 0 fully saturated rings. The second kappa shape index (κ2) is 14.8. The van der Waals surface area contributed by atoms with Crippen LogP contribution in [0.2, 0.25) is 0 Å². The van der Waals surface area contributed by atoms with E-state index < -0.39 is 0 Å². The molecule has 0 saturated carbocycles. The molecule has 0 aliphatic rings. The van der Waals surface area contributed by atoms with Gasteiger partial charge in [0.2, 0.25) is 0 Å². The number of methoxy groups -OCH3 is 1. The quantitative estimate of drug-likeness (QED) is 0.362. The normalized spacial score (nSPS) is 12.0. The lowest BCUT2D eigenvalue weighted by Gasteiger charge is -2.11. The third kappa shape index (κ3) is 13.9. The van der Waals surface area contributed by atoms with Crippen molar-refractivity contribution in [1.29, 1.82) is 0 Å². The highest BCUT2D eigenvalue weighted by molar-refractivity contribution is 5.72. The molecule has 0 rings (SSSR count). The van der Waals surface area contributed by atoms with E-state index in [2.05, 4.69) is 6.92 Å². The standard InChI is InChI=1S/C17H32O5/c1-4-5-6-7-12-21-16(18)9-8-10-17(19)22-14-15(2)11-13-20-3/h15H,4-14H2,1-3H3. The van der Waals surface area contributed by atoms with Crippen molar-refractivity contribution >= 4 is 11.9 Å². The number of carbonyl (C=O) groups is 2. The first-order valence-electron chi connectivity index (χ1n) is 8.40. The smallest absolute Gasteiger partial charge is 0.305 e. The maximum atomic E-state index is 11.5. The van der Waals surface area contributed by atoms with Gasteiger partial charge in [0.15, 0.2) is 0 Å². The zero-order valence-corrected chi connectivity index (χ0v) is 14.4. The molecule has 1 atom stereocenters. The summed E-state index contributed by atoms with van der Waals surface area (Å²) in [7, 11) is 1.65. The highest BCUT2D eigenvalue weighted by atomic mass is 16.5. The molecule has 5 heteroatoms. The van der Waals surface area contributed by atoms with Gasteiger partial charge >= 0.3 is 11.9 Å². The molecular formula is C17H32O5. The lowest BCUT2D eigenvalue weighted by Crippen LogP contribution is -2.14. The Hall–Kier alpha value is -1.10. The molecule has 130 valence electrons. The van der Waals surface area contributed by atoms with E-state index >= 15 is 0 Å². The number of carbonyl (C=O) groups excluding carboxylic acids is 2. The van der Waals surface area contributed by atoms with Crippen LogP contribution < -0.4 is 0 Å². The van der Waals surface area contributed by atoms with Gasteiger partial charge < -0.3 is 14.2 Å². The summed E-state index contributed by atoms with van der Waals surface area (Å²) in [5, 5.41) is 0. The van der Waals surface area contributed by atoms with E-state index in [0.29, 0.717) is 26.2 Å². The largest absolute Gasteiger partial charge is 0.466 e. The SMILES string of the molecule is CCCCCCOC(=O)CCCC(=O)OCC(C)CCOC. The minimum Gasteiger partial charge on any atom is -0.466 e. The van der Waals surface area contributed by atoms with E-state index in [0.717, 1.165) is 19.3 Å². The van der Waals surface area contributed by atoms with Crippen LogP contribution >= 0.6 is 0 Å². The Morgan fingerprint density at radius 2 is 1.59 bits per heavy atom. The second-order valence-electron chi connectivity index (χ2n) is 5.70. The van der Waals surface area contributed by atoms with Gasteiger partial charge in [-0.05, 0) is 25.2 Å². The van der Waals surface area contributed by atoms with Crippen molar-refractivity contribution in [3.63, 3.8) is 0 Å². The van der Waals surface area contributed by atoms with Gasteiger partial charge in [0.25, 0.3) is 0 Å². The summed E-state index contributed by atoms with van der Waals surface area (Å²) in [4.78, 5) is 23.0. The van der Waals surface area contributed by atoms with Crippen molar-refractivity contribution in [3.05, 3.63) is 0 Å². The summed E-state index contributed by atoms with van der Waals surface area (Å²) in [6.07, 6.45) is 6.25. The summed E-state index contributed by atoms with van der Waals surface area (Å²) < 4.78 is 15.2. The highest BCUT2D eigenvalue weighted by Gasteiger charge is 2.09. The van der Waals surface area contributed by atoms with E-state index in [-0.39, 0.29) is 30.7 Å². The predicted molar refractivity (Wildman–Crippen MR) is 85.6 cm³/mol. The van der Waals surface area contributed by atoms with Crippen molar-refractivity contribution in [2.24, 2.45) is 5.92 Å². The number of ether oxygens (including phenoxy) is 3. The average Bonchev–Trinajstić information content (AvgIpc) is 2.50. The first-order chi connectivity index (χ1) is 10.6. The Kier molecular flexibility index (Phi) is 14.1. The predicted octanol–water partition coefficient (Wildman–Crippen LogP) is 3.50. The zero-order chi connectivity index (χ0) is 16.6. The van der Waals surface area contributed by atoms with Crippen molar-refractivity contribution in [2.75, 3.05) is 26.9 Å². The third-order valence-electron chi connectivity index (χ3n) is 3.37. The van der Waals surface area contributed by atoms with Crippen LogP contribution in [0.5, 0.6) is 0 Å². The summed E-state index contributed by atoms with van der Waals surface area (Å²) in [6, 6.07) is 0. The molecule has 0 aromatic carbocycles. The lowest BCUT2D eigenvalue weighted by atomic mass is 10.1. The van der Waals surface area contributed by atoms with Crippen LogP contribution in [-0.4, -0.2) is 38.9 Å². The van der Waals surface area contributed by atoms with E-state index in [1.54, 1.807) is 7.11 Å². The van der Waals surface area contributed by atoms with Crippen LogP contribution in [0.15, 0.2) is 0 Å². The molecule has 1 unspecified atom stereocenters. The third-order valence-corrected chi connectivity index (χ3v) is 3.37. The second-order valence-corrected chi connectivity index (χ2v) is 5.70. The number of rotatable bonds is 14. The van der Waals surface area contributed by atoms with Crippen molar-refractivity contribution in [2.45, 2.75) is 65.2 Å². The first-order valence-corrected chi connectivity index (χ1v) is 8.40. The van der Waals surface area contributed by atoms with Gasteiger partial charge in [0.1, 0.15) is 0 Å². The van der Waals surface area contributed by atoms with Crippen LogP contribution in [0.4, 0.5) is 0 Å². The molecule has 22 heavy (non-hydrogen) atoms. The van der Waals surface area contributed by atoms with E-state index in [1.807, 2.05) is 6.92 Å². The van der Waals surface area contributed by atoms with E-state index in [4.69, 9.17) is 14.2 Å². The Balaban J connectivity index is 3.48. The van der Waals surface area contributed by atoms with Crippen LogP contribution in [0.3, 0.4) is 0 Å². The number of hydrogen-bond donors (Lipinski definition) is 0. The summed E-state index contributed by atoms with van der Waals surface area (Å²) in [6.45, 7) is 5.72. The van der Waals surface area contributed by atoms with Crippen molar-refractivity contribution in [1.82, 2.24) is 0 Å². The molecule has 0 aliphatic carbocycles. The summed E-state index contributed by atoms with van der Waals surface area (Å²) >= 11 is 0. The molecule has 0 aliphatic heterocycles. The maximum Gasteiger partial charge on any atom is 0.305 e. The molecule has 0 heterocycles. The van der Waals surface area contributed by atoms with E-state index in [1.165, 1.54) is 12.8 Å². The van der Waals surface area contributed by atoms with Crippen molar-refractivity contribution in [3.8, 4) is 0 Å². The molecule has 0 radical (unpaired) electrons. The Morgan fingerprint density at radius 1 is 0.909 bits per heavy atom. The fourth-order valence-corrected chi connectivity index (χ4v) is 1.87. The minimum atomic E-state index is -0.250. The van der Waals surface area contributed by atoms with Gasteiger partial charge in [-0.25, -0.2) is 0 Å². The fraction of sp³-hybridized carbons (Fsp3) is 0.882. The van der Waals surface area contributed by atoms with Gasteiger partial charge in [-0.2, -0.15) is 0 Å². The van der Waals surface area contributed by atoms with E-state index in [9.17, 15) is 9.59 Å². The Morgan fingerprint density at radius 3 is 2.23 bits per heavy atom. The molecule has 0 bridgehead atoms. The van der Waals surface area contributed by atoms with Gasteiger partial charge in [-0.1, -0.05) is 33.1 Å². The minimum absolute atomic E-state index is 0.224. The van der Waals surface area contributed by atoms with Gasteiger partial charge in [-0.15, -0.1) is 0 Å². The van der Waals surface area contributed by atoms with Crippen LogP contribution in [0, 0.1) is 5.92 Å². The number of hydrogen-bond acceptors (Lipinski definition) is 5. The lowest BCUT2D eigenvalue weighted by molar-refractivity contribution is -0.146. The molecule has 0 aromatic heterocycles. The summed E-state index contributed by atoms with van der Waals surface area (Å²) in [5.74, 6) is -0.185. The average molecular weight is 316 g/mol. The molecule has 0 spiro atoms. The summed E-state index contributed by atoms with van der Waals surface area (Å²) in [5.41, 5.74) is 0. The molecule has 0 amide bonds. The molecule has 0 saturated heterocycles. The van der Waals surface area contributed by atoms with Gasteiger partial charge in [-0.3, -0.25) is 9.59 Å². The number of esters is 2.